The molecular formula is C17H20FN5O3. The van der Waals surface area contributed by atoms with Crippen molar-refractivity contribution >= 4 is 28.7 Å². The Hall–Kier alpha value is -2.94. The fourth-order valence-corrected chi connectivity index (χ4v) is 2.85. The number of hydrogen-bond acceptors (Lipinski definition) is 7. The smallest absolute Gasteiger partial charge is 0.311 e. The topological polar surface area (TPSA) is 104 Å². The number of nitro groups is 1. The summed E-state index contributed by atoms with van der Waals surface area (Å²) in [5, 5.41) is 26.4. The molecule has 2 unspecified atom stereocenters. The number of piperidine rings is 1. The van der Waals surface area contributed by atoms with Gasteiger partial charge in [-0.2, -0.15) is 0 Å². The fourth-order valence-electron chi connectivity index (χ4n) is 2.85. The molecule has 8 nitrogen and oxygen atoms in total. The van der Waals surface area contributed by atoms with Gasteiger partial charge in [0.2, 0.25) is 5.82 Å². The predicted molar refractivity (Wildman–Crippen MR) is 97.9 cm³/mol. The summed E-state index contributed by atoms with van der Waals surface area (Å²) in [6, 6.07) is 10.0. The van der Waals surface area contributed by atoms with Crippen LogP contribution < -0.4 is 15.5 Å². The second kappa shape index (κ2) is 7.52. The minimum atomic E-state index is -1.27. The van der Waals surface area contributed by atoms with E-state index in [1.807, 2.05) is 4.90 Å². The Kier molecular flexibility index (Phi) is 5.17. The number of aliphatic hydroxyl groups is 1. The summed E-state index contributed by atoms with van der Waals surface area (Å²) < 4.78 is 13.7. The molecule has 1 aromatic carbocycles. The summed E-state index contributed by atoms with van der Waals surface area (Å²) in [5.74, 6) is 0.648. The molecule has 2 aromatic rings. The van der Waals surface area contributed by atoms with E-state index < -0.39 is 17.2 Å². The summed E-state index contributed by atoms with van der Waals surface area (Å²) in [6.07, 6.45) is -1.79. The van der Waals surface area contributed by atoms with E-state index in [2.05, 4.69) is 15.6 Å². The highest BCUT2D eigenvalue weighted by Crippen LogP contribution is 2.29. The molecule has 9 heteroatoms. The zero-order valence-electron chi connectivity index (χ0n) is 14.2. The van der Waals surface area contributed by atoms with E-state index in [1.54, 1.807) is 31.3 Å². The molecule has 138 valence electrons. The van der Waals surface area contributed by atoms with Gasteiger partial charge in [0.15, 0.2) is 0 Å². The van der Waals surface area contributed by atoms with Crippen LogP contribution in [-0.4, -0.2) is 47.4 Å². The molecule has 0 bridgehead atoms. The normalized spacial score (nSPS) is 19.9. The Balaban J connectivity index is 1.77. The van der Waals surface area contributed by atoms with Gasteiger partial charge in [0.25, 0.3) is 0 Å². The van der Waals surface area contributed by atoms with Crippen LogP contribution in [-0.2, 0) is 0 Å². The number of pyridine rings is 1. The standard InChI is InChI=1S/C17H20FN5O3/c1-19-16-7-6-14(23(25)26)17(21-16)20-11-2-4-12(5-3-11)22-9-8-15(24)13(18)10-22/h2-7,13,15,24H,8-10H2,1H3,(H2,19,20,21). The van der Waals surface area contributed by atoms with Crippen LogP contribution in [0, 0.1) is 10.1 Å². The van der Waals surface area contributed by atoms with Crippen LogP contribution >= 0.6 is 0 Å². The predicted octanol–water partition coefficient (Wildman–Crippen LogP) is 2.68. The van der Waals surface area contributed by atoms with Gasteiger partial charge in [0, 0.05) is 31.0 Å². The quantitative estimate of drug-likeness (QED) is 0.556. The number of alkyl halides is 1. The number of aliphatic hydroxyl groups excluding tert-OH is 1. The number of nitrogens with one attached hydrogen (secondary N) is 2. The van der Waals surface area contributed by atoms with Gasteiger partial charge >= 0.3 is 5.69 Å². The summed E-state index contributed by atoms with van der Waals surface area (Å²) in [7, 11) is 1.68. The highest BCUT2D eigenvalue weighted by atomic mass is 19.1. The number of anilines is 4. The van der Waals surface area contributed by atoms with Crippen molar-refractivity contribution in [2.75, 3.05) is 35.7 Å². The first-order chi connectivity index (χ1) is 12.5. The fraction of sp³-hybridized carbons (Fsp3) is 0.353. The molecule has 1 fully saturated rings. The van der Waals surface area contributed by atoms with E-state index in [0.717, 1.165) is 5.69 Å². The molecule has 0 radical (unpaired) electrons. The van der Waals surface area contributed by atoms with E-state index in [0.29, 0.717) is 24.5 Å². The highest BCUT2D eigenvalue weighted by Gasteiger charge is 2.27. The summed E-state index contributed by atoms with van der Waals surface area (Å²) in [6.45, 7) is 0.719. The van der Waals surface area contributed by atoms with Gasteiger partial charge in [-0.3, -0.25) is 10.1 Å². The molecule has 0 amide bonds. The second-order valence-electron chi connectivity index (χ2n) is 6.06. The number of hydrogen-bond donors (Lipinski definition) is 3. The highest BCUT2D eigenvalue weighted by molar-refractivity contribution is 5.69. The van der Waals surface area contributed by atoms with Crippen LogP contribution in [0.25, 0.3) is 0 Å². The SMILES string of the molecule is CNc1ccc([N+](=O)[O-])c(Nc2ccc(N3CCC(O)C(F)C3)cc2)n1. The summed E-state index contributed by atoms with van der Waals surface area (Å²) >= 11 is 0. The van der Waals surface area contributed by atoms with Crippen molar-refractivity contribution in [3.63, 3.8) is 0 Å². The van der Waals surface area contributed by atoms with Crippen molar-refractivity contribution in [1.29, 1.82) is 0 Å². The molecule has 2 heterocycles. The number of halogens is 1. The molecule has 26 heavy (non-hydrogen) atoms. The Morgan fingerprint density at radius 2 is 2.04 bits per heavy atom. The third-order valence-electron chi connectivity index (χ3n) is 4.33. The van der Waals surface area contributed by atoms with E-state index in [9.17, 15) is 19.6 Å². The largest absolute Gasteiger partial charge is 0.390 e. The first kappa shape index (κ1) is 17.9. The van der Waals surface area contributed by atoms with Crippen LogP contribution in [0.1, 0.15) is 6.42 Å². The lowest BCUT2D eigenvalue weighted by Crippen LogP contribution is -2.44. The van der Waals surface area contributed by atoms with Crippen LogP contribution in [0.3, 0.4) is 0 Å². The van der Waals surface area contributed by atoms with E-state index in [-0.39, 0.29) is 18.1 Å². The molecule has 1 aliphatic heterocycles. The Morgan fingerprint density at radius 1 is 1.31 bits per heavy atom. The molecule has 3 N–H and O–H groups in total. The first-order valence-electron chi connectivity index (χ1n) is 8.25. The van der Waals surface area contributed by atoms with Crippen molar-refractivity contribution in [2.45, 2.75) is 18.7 Å². The van der Waals surface area contributed by atoms with Gasteiger partial charge in [0.05, 0.1) is 17.6 Å². The third kappa shape index (κ3) is 3.83. The molecule has 3 rings (SSSR count). The number of rotatable bonds is 5. The minimum absolute atomic E-state index is 0.127. The second-order valence-corrected chi connectivity index (χ2v) is 6.06. The zero-order chi connectivity index (χ0) is 18.7. The van der Waals surface area contributed by atoms with Gasteiger partial charge < -0.3 is 20.6 Å². The molecule has 0 aliphatic carbocycles. The maximum atomic E-state index is 13.7. The monoisotopic (exact) mass is 361 g/mol. The van der Waals surface area contributed by atoms with Gasteiger partial charge in [-0.25, -0.2) is 9.37 Å². The van der Waals surface area contributed by atoms with Crippen LogP contribution in [0.4, 0.5) is 33.1 Å². The third-order valence-corrected chi connectivity index (χ3v) is 4.33. The lowest BCUT2D eigenvalue weighted by atomic mass is 10.1. The Morgan fingerprint density at radius 3 is 2.65 bits per heavy atom. The molecule has 2 atom stereocenters. The van der Waals surface area contributed by atoms with E-state index in [1.165, 1.54) is 12.1 Å². The van der Waals surface area contributed by atoms with E-state index >= 15 is 0 Å². The maximum Gasteiger partial charge on any atom is 0.311 e. The zero-order valence-corrected chi connectivity index (χ0v) is 14.2. The van der Waals surface area contributed by atoms with Gasteiger partial charge in [-0.15, -0.1) is 0 Å². The molecule has 1 aromatic heterocycles. The number of nitrogens with zero attached hydrogens (tertiary/aromatic N) is 3. The number of aromatic nitrogens is 1. The molecule has 0 saturated carbocycles. The van der Waals surface area contributed by atoms with Gasteiger partial charge in [0.1, 0.15) is 12.0 Å². The minimum Gasteiger partial charge on any atom is -0.390 e. The molecular weight excluding hydrogens is 341 g/mol. The average Bonchev–Trinajstić information content (AvgIpc) is 2.64. The number of benzene rings is 1. The average molecular weight is 361 g/mol. The van der Waals surface area contributed by atoms with Gasteiger partial charge in [-0.05, 0) is 36.8 Å². The van der Waals surface area contributed by atoms with Crippen molar-refractivity contribution in [3.05, 3.63) is 46.5 Å². The van der Waals surface area contributed by atoms with Crippen molar-refractivity contribution in [1.82, 2.24) is 4.98 Å². The van der Waals surface area contributed by atoms with Crippen LogP contribution in [0.15, 0.2) is 36.4 Å². The Bertz CT molecular complexity index is 786. The summed E-state index contributed by atoms with van der Waals surface area (Å²) in [5.41, 5.74) is 1.33. The lowest BCUT2D eigenvalue weighted by molar-refractivity contribution is -0.384. The first-order valence-corrected chi connectivity index (χ1v) is 8.25. The van der Waals surface area contributed by atoms with Gasteiger partial charge in [-0.1, -0.05) is 0 Å². The van der Waals surface area contributed by atoms with Crippen molar-refractivity contribution < 1.29 is 14.4 Å². The lowest BCUT2D eigenvalue weighted by Gasteiger charge is -2.33. The van der Waals surface area contributed by atoms with Crippen LogP contribution in [0.2, 0.25) is 0 Å². The molecule has 1 saturated heterocycles. The van der Waals surface area contributed by atoms with Crippen molar-refractivity contribution in [2.24, 2.45) is 0 Å². The summed E-state index contributed by atoms with van der Waals surface area (Å²) in [4.78, 5) is 16.7. The van der Waals surface area contributed by atoms with Crippen molar-refractivity contribution in [3.8, 4) is 0 Å². The van der Waals surface area contributed by atoms with Crippen LogP contribution in [0.5, 0.6) is 0 Å². The molecule has 1 aliphatic rings. The maximum absolute atomic E-state index is 13.7. The Labute approximate surface area is 149 Å². The molecule has 0 spiro atoms. The van der Waals surface area contributed by atoms with E-state index in [4.69, 9.17) is 0 Å².